The first-order chi connectivity index (χ1) is 15.0. The molecular formula is C24H24FN3O3. The Balaban J connectivity index is 1.18. The Bertz CT molecular complexity index is 1110. The smallest absolute Gasteiger partial charge is 0.261 e. The quantitative estimate of drug-likeness (QED) is 0.577. The fraction of sp³-hybridized carbons (Fsp3) is 0.375. The molecule has 0 spiro atoms. The number of benzene rings is 2. The van der Waals surface area contributed by atoms with Gasteiger partial charge in [0.05, 0.1) is 11.1 Å². The molecule has 2 amide bonds. The van der Waals surface area contributed by atoms with E-state index in [1.807, 2.05) is 0 Å². The predicted octanol–water partition coefficient (Wildman–Crippen LogP) is 4.22. The monoisotopic (exact) mass is 421 g/mol. The molecule has 1 unspecified atom stereocenters. The Hall–Kier alpha value is -3.06. The van der Waals surface area contributed by atoms with E-state index in [2.05, 4.69) is 17.0 Å². The molecule has 0 saturated carbocycles. The number of aromatic nitrogens is 1. The number of carbonyl (C=O) groups is 2. The van der Waals surface area contributed by atoms with E-state index in [0.29, 0.717) is 23.2 Å². The minimum atomic E-state index is -0.311. The van der Waals surface area contributed by atoms with Crippen LogP contribution in [0.3, 0.4) is 0 Å². The van der Waals surface area contributed by atoms with Crippen molar-refractivity contribution in [2.75, 3.05) is 19.6 Å². The van der Waals surface area contributed by atoms with Gasteiger partial charge in [0, 0.05) is 30.0 Å². The second kappa shape index (κ2) is 7.89. The first-order valence-electron chi connectivity index (χ1n) is 10.8. The van der Waals surface area contributed by atoms with Crippen LogP contribution in [-0.2, 0) is 0 Å². The Morgan fingerprint density at radius 1 is 1.10 bits per heavy atom. The molecule has 2 aliphatic heterocycles. The van der Waals surface area contributed by atoms with E-state index in [1.54, 1.807) is 30.3 Å². The van der Waals surface area contributed by atoms with E-state index >= 15 is 0 Å². The molecule has 160 valence electrons. The zero-order valence-corrected chi connectivity index (χ0v) is 17.4. The maximum Gasteiger partial charge on any atom is 0.261 e. The molecule has 0 radical (unpaired) electrons. The summed E-state index contributed by atoms with van der Waals surface area (Å²) in [6.07, 6.45) is 2.60. The Labute approximate surface area is 179 Å². The number of nitrogens with zero attached hydrogens (tertiary/aromatic N) is 3. The van der Waals surface area contributed by atoms with Gasteiger partial charge in [-0.3, -0.25) is 14.5 Å². The summed E-state index contributed by atoms with van der Waals surface area (Å²) < 4.78 is 19.0. The molecule has 6 nitrogen and oxygen atoms in total. The van der Waals surface area contributed by atoms with Crippen LogP contribution in [0.25, 0.3) is 10.9 Å². The van der Waals surface area contributed by atoms with Crippen molar-refractivity contribution in [3.63, 3.8) is 0 Å². The third kappa shape index (κ3) is 3.53. The van der Waals surface area contributed by atoms with Gasteiger partial charge in [0.2, 0.25) is 0 Å². The Morgan fingerprint density at radius 2 is 1.77 bits per heavy atom. The number of fused-ring (bicyclic) bond motifs is 2. The second-order valence-electron chi connectivity index (χ2n) is 8.46. The highest BCUT2D eigenvalue weighted by atomic mass is 19.1. The van der Waals surface area contributed by atoms with Gasteiger partial charge in [-0.1, -0.05) is 17.3 Å². The van der Waals surface area contributed by atoms with Crippen molar-refractivity contribution in [1.29, 1.82) is 0 Å². The van der Waals surface area contributed by atoms with Gasteiger partial charge in [-0.25, -0.2) is 4.39 Å². The lowest BCUT2D eigenvalue weighted by Crippen LogP contribution is -2.42. The maximum absolute atomic E-state index is 13.4. The van der Waals surface area contributed by atoms with Gasteiger partial charge in [-0.15, -0.1) is 0 Å². The number of halogens is 1. The number of amides is 2. The number of carbonyl (C=O) groups excluding carboxylic acids is 2. The summed E-state index contributed by atoms with van der Waals surface area (Å²) >= 11 is 0. The summed E-state index contributed by atoms with van der Waals surface area (Å²) in [5, 5.41) is 4.90. The van der Waals surface area contributed by atoms with Gasteiger partial charge in [-0.2, -0.15) is 0 Å². The van der Waals surface area contributed by atoms with Crippen LogP contribution in [0.15, 0.2) is 47.0 Å². The molecule has 1 aromatic heterocycles. The summed E-state index contributed by atoms with van der Waals surface area (Å²) in [5.41, 5.74) is 1.56. The molecule has 0 bridgehead atoms. The molecule has 1 fully saturated rings. The number of likely N-dealkylation sites (tertiary alicyclic amines) is 1. The maximum atomic E-state index is 13.4. The summed E-state index contributed by atoms with van der Waals surface area (Å²) in [6, 6.07) is 11.8. The molecule has 1 saturated heterocycles. The van der Waals surface area contributed by atoms with Crippen LogP contribution in [0.5, 0.6) is 0 Å². The van der Waals surface area contributed by atoms with Crippen LogP contribution in [0.1, 0.15) is 58.6 Å². The van der Waals surface area contributed by atoms with Crippen molar-refractivity contribution in [2.45, 2.75) is 38.1 Å². The van der Waals surface area contributed by atoms with Crippen molar-refractivity contribution < 1.29 is 18.5 Å². The standard InChI is InChI=1S/C24H24FN3O3/c1-15(8-13-28-23(29)18-4-2-3-5-19(18)24(28)30)27-11-9-16(10-12-27)22-20-7-6-17(25)14-21(20)26-31-22/h2-7,14-16H,8-13H2,1H3. The van der Waals surface area contributed by atoms with Gasteiger partial charge in [0.25, 0.3) is 11.8 Å². The van der Waals surface area contributed by atoms with E-state index in [0.717, 1.165) is 43.5 Å². The minimum Gasteiger partial charge on any atom is -0.360 e. The predicted molar refractivity (Wildman–Crippen MR) is 113 cm³/mol. The number of imide groups is 1. The lowest BCUT2D eigenvalue weighted by atomic mass is 9.91. The average Bonchev–Trinajstić information content (AvgIpc) is 3.31. The van der Waals surface area contributed by atoms with E-state index in [9.17, 15) is 14.0 Å². The molecule has 5 rings (SSSR count). The van der Waals surface area contributed by atoms with Gasteiger partial charge in [-0.05, 0) is 63.5 Å². The van der Waals surface area contributed by atoms with Crippen LogP contribution >= 0.6 is 0 Å². The topological polar surface area (TPSA) is 66.7 Å². The fourth-order valence-corrected chi connectivity index (χ4v) is 4.77. The highest BCUT2D eigenvalue weighted by Crippen LogP contribution is 2.34. The SMILES string of the molecule is CC(CCN1C(=O)c2ccccc2C1=O)N1CCC(c2onc3cc(F)ccc23)CC1. The number of hydrogen-bond donors (Lipinski definition) is 0. The lowest BCUT2D eigenvalue weighted by molar-refractivity contribution is 0.0630. The number of piperidine rings is 1. The van der Waals surface area contributed by atoms with Gasteiger partial charge in [0.1, 0.15) is 17.1 Å². The van der Waals surface area contributed by atoms with Gasteiger partial charge < -0.3 is 9.42 Å². The average molecular weight is 421 g/mol. The van der Waals surface area contributed by atoms with Crippen molar-refractivity contribution in [1.82, 2.24) is 15.0 Å². The molecule has 3 aromatic rings. The minimum absolute atomic E-state index is 0.194. The zero-order valence-electron chi connectivity index (χ0n) is 17.4. The van der Waals surface area contributed by atoms with Gasteiger partial charge >= 0.3 is 0 Å². The highest BCUT2D eigenvalue weighted by Gasteiger charge is 2.35. The Kier molecular flexibility index (Phi) is 5.06. The van der Waals surface area contributed by atoms with E-state index in [-0.39, 0.29) is 29.6 Å². The first-order valence-corrected chi connectivity index (χ1v) is 10.8. The van der Waals surface area contributed by atoms with Crippen LogP contribution in [0, 0.1) is 5.82 Å². The highest BCUT2D eigenvalue weighted by molar-refractivity contribution is 6.21. The summed E-state index contributed by atoms with van der Waals surface area (Å²) in [4.78, 5) is 28.9. The van der Waals surface area contributed by atoms with Crippen molar-refractivity contribution in [3.8, 4) is 0 Å². The summed E-state index contributed by atoms with van der Waals surface area (Å²) in [7, 11) is 0. The van der Waals surface area contributed by atoms with Crippen molar-refractivity contribution >= 4 is 22.7 Å². The van der Waals surface area contributed by atoms with E-state index in [1.165, 1.54) is 17.0 Å². The molecule has 2 aromatic carbocycles. The van der Waals surface area contributed by atoms with Crippen LogP contribution in [-0.4, -0.2) is 52.4 Å². The molecule has 0 aliphatic carbocycles. The third-order valence-electron chi connectivity index (χ3n) is 6.64. The number of hydrogen-bond acceptors (Lipinski definition) is 5. The Morgan fingerprint density at radius 3 is 2.45 bits per heavy atom. The van der Waals surface area contributed by atoms with E-state index in [4.69, 9.17) is 4.52 Å². The molecule has 2 aliphatic rings. The van der Waals surface area contributed by atoms with Crippen molar-refractivity contribution in [3.05, 3.63) is 65.2 Å². The van der Waals surface area contributed by atoms with Crippen LogP contribution in [0.4, 0.5) is 4.39 Å². The molecule has 7 heteroatoms. The van der Waals surface area contributed by atoms with E-state index < -0.39 is 0 Å². The molecular weight excluding hydrogens is 397 g/mol. The largest absolute Gasteiger partial charge is 0.360 e. The normalized spacial score (nSPS) is 18.7. The van der Waals surface area contributed by atoms with Crippen LogP contribution in [0.2, 0.25) is 0 Å². The molecule has 1 atom stereocenters. The first kappa shape index (κ1) is 19.9. The third-order valence-corrected chi connectivity index (χ3v) is 6.64. The molecule has 3 heterocycles. The summed E-state index contributed by atoms with van der Waals surface area (Å²) in [6.45, 7) is 4.37. The van der Waals surface area contributed by atoms with Gasteiger partial charge in [0.15, 0.2) is 0 Å². The second-order valence-corrected chi connectivity index (χ2v) is 8.46. The van der Waals surface area contributed by atoms with Crippen LogP contribution < -0.4 is 0 Å². The fourth-order valence-electron chi connectivity index (χ4n) is 4.77. The number of rotatable bonds is 5. The lowest BCUT2D eigenvalue weighted by Gasteiger charge is -2.35. The molecule has 0 N–H and O–H groups in total. The summed E-state index contributed by atoms with van der Waals surface area (Å²) in [5.74, 6) is 0.401. The molecule has 31 heavy (non-hydrogen) atoms. The zero-order chi connectivity index (χ0) is 21.5. The van der Waals surface area contributed by atoms with Crippen molar-refractivity contribution in [2.24, 2.45) is 0 Å².